The van der Waals surface area contributed by atoms with E-state index >= 15 is 0 Å². The lowest BCUT2D eigenvalue weighted by Crippen LogP contribution is -2.33. The fraction of sp³-hybridized carbons (Fsp3) is 0. The predicted molar refractivity (Wildman–Crippen MR) is 44.7 cm³/mol. The van der Waals surface area contributed by atoms with Gasteiger partial charge in [-0.05, 0) is 0 Å². The number of nitrogens with two attached hydrogens (primary N) is 1. The quantitative estimate of drug-likeness (QED) is 0.595. The van der Waals surface area contributed by atoms with E-state index in [0.717, 1.165) is 11.3 Å². The molecule has 0 saturated carbocycles. The van der Waals surface area contributed by atoms with Crippen molar-refractivity contribution in [2.75, 3.05) is 0 Å². The van der Waals surface area contributed by atoms with Gasteiger partial charge in [0, 0.05) is 5.56 Å². The first-order valence-electron chi connectivity index (χ1n) is 3.60. The Kier molecular flexibility index (Phi) is 1.69. The van der Waals surface area contributed by atoms with Gasteiger partial charge in [-0.2, -0.15) is 0 Å². The van der Waals surface area contributed by atoms with Gasteiger partial charge >= 0.3 is 0 Å². The van der Waals surface area contributed by atoms with E-state index < -0.39 is 0 Å². The first-order valence-corrected chi connectivity index (χ1v) is 3.60. The highest BCUT2D eigenvalue weighted by atomic mass is 16.7. The molecule has 0 bridgehead atoms. The van der Waals surface area contributed by atoms with Crippen LogP contribution in [0, 0.1) is 0 Å². The van der Waals surface area contributed by atoms with Gasteiger partial charge in [0.1, 0.15) is 0 Å². The molecule has 4 nitrogen and oxygen atoms in total. The van der Waals surface area contributed by atoms with Crippen molar-refractivity contribution < 1.29 is 4.84 Å². The average molecular weight is 163 g/mol. The lowest BCUT2D eigenvalue weighted by atomic mass is 10.2. The predicted octanol–water partition coefficient (Wildman–Crippen LogP) is 0.611. The van der Waals surface area contributed by atoms with E-state index in [0.29, 0.717) is 0 Å². The molecule has 0 unspecified atom stereocenters. The zero-order valence-corrected chi connectivity index (χ0v) is 6.40. The van der Waals surface area contributed by atoms with E-state index in [1.165, 1.54) is 5.12 Å². The molecular formula is C8H9N3O. The van der Waals surface area contributed by atoms with E-state index in [2.05, 4.69) is 5.59 Å². The normalized spacial score (nSPS) is 15.8. The third kappa shape index (κ3) is 1.25. The summed E-state index contributed by atoms with van der Waals surface area (Å²) in [7, 11) is 0. The van der Waals surface area contributed by atoms with Crippen LogP contribution in [-0.2, 0) is 4.84 Å². The van der Waals surface area contributed by atoms with Gasteiger partial charge in [0.25, 0.3) is 0 Å². The lowest BCUT2D eigenvalue weighted by Gasteiger charge is -2.03. The van der Waals surface area contributed by atoms with Crippen LogP contribution < -0.4 is 11.4 Å². The molecule has 0 atom stereocenters. The second kappa shape index (κ2) is 2.84. The van der Waals surface area contributed by atoms with Crippen LogP contribution in [0.4, 0.5) is 0 Å². The minimum absolute atomic E-state index is 0.720. The van der Waals surface area contributed by atoms with Crippen molar-refractivity contribution in [3.8, 4) is 0 Å². The molecule has 4 heteroatoms. The van der Waals surface area contributed by atoms with E-state index in [1.807, 2.05) is 30.3 Å². The highest BCUT2D eigenvalue weighted by Crippen LogP contribution is 2.17. The molecule has 0 amide bonds. The van der Waals surface area contributed by atoms with Gasteiger partial charge in [-0.1, -0.05) is 35.9 Å². The summed E-state index contributed by atoms with van der Waals surface area (Å²) in [5.74, 6) is 6.10. The minimum atomic E-state index is 0.720. The highest BCUT2D eigenvalue weighted by Gasteiger charge is 2.11. The summed E-state index contributed by atoms with van der Waals surface area (Å²) in [4.78, 5) is 5.06. The summed E-state index contributed by atoms with van der Waals surface area (Å²) in [5, 5.41) is 1.27. The molecule has 0 spiro atoms. The number of hydrazine groups is 2. The number of rotatable bonds is 1. The highest BCUT2D eigenvalue weighted by molar-refractivity contribution is 5.59. The van der Waals surface area contributed by atoms with Gasteiger partial charge < -0.3 is 4.84 Å². The molecule has 0 saturated heterocycles. The van der Waals surface area contributed by atoms with Crippen molar-refractivity contribution in [1.29, 1.82) is 0 Å². The van der Waals surface area contributed by atoms with Crippen LogP contribution in [0.2, 0.25) is 0 Å². The monoisotopic (exact) mass is 163 g/mol. The van der Waals surface area contributed by atoms with Crippen molar-refractivity contribution in [3.63, 3.8) is 0 Å². The molecule has 0 radical (unpaired) electrons. The minimum Gasteiger partial charge on any atom is -0.385 e. The Labute approximate surface area is 70.1 Å². The Morgan fingerprint density at radius 2 is 2.00 bits per heavy atom. The van der Waals surface area contributed by atoms with Crippen LogP contribution in [0.3, 0.4) is 0 Å². The topological polar surface area (TPSA) is 50.5 Å². The van der Waals surface area contributed by atoms with Crippen molar-refractivity contribution in [3.05, 3.63) is 42.1 Å². The van der Waals surface area contributed by atoms with Crippen LogP contribution in [0.25, 0.3) is 5.76 Å². The molecule has 1 heterocycles. The van der Waals surface area contributed by atoms with Gasteiger partial charge in [0.15, 0.2) is 5.76 Å². The van der Waals surface area contributed by atoms with Crippen molar-refractivity contribution in [1.82, 2.24) is 10.7 Å². The van der Waals surface area contributed by atoms with Crippen LogP contribution >= 0.6 is 0 Å². The van der Waals surface area contributed by atoms with Crippen LogP contribution in [0.5, 0.6) is 0 Å². The molecule has 62 valence electrons. The summed E-state index contributed by atoms with van der Waals surface area (Å²) in [6.45, 7) is 0. The third-order valence-electron chi connectivity index (χ3n) is 1.58. The van der Waals surface area contributed by atoms with Gasteiger partial charge in [0.2, 0.25) is 0 Å². The molecule has 12 heavy (non-hydrogen) atoms. The number of benzene rings is 1. The number of nitrogens with one attached hydrogen (secondary N) is 1. The van der Waals surface area contributed by atoms with Crippen LogP contribution in [-0.4, -0.2) is 5.12 Å². The Hall–Kier alpha value is -1.52. The maximum atomic E-state index is 5.38. The fourth-order valence-corrected chi connectivity index (χ4v) is 1.02. The molecule has 1 aliphatic heterocycles. The summed E-state index contributed by atoms with van der Waals surface area (Å²) < 4.78 is 0. The van der Waals surface area contributed by atoms with E-state index in [9.17, 15) is 0 Å². The largest absolute Gasteiger partial charge is 0.385 e. The standard InChI is InChI=1S/C8H9N3O/c9-11-6-8(12-10-11)7-4-2-1-3-5-7/h1-6,10H,9H2. The molecule has 1 aromatic carbocycles. The Morgan fingerprint density at radius 3 is 2.58 bits per heavy atom. The number of hydrogen-bond donors (Lipinski definition) is 2. The van der Waals surface area contributed by atoms with Crippen molar-refractivity contribution >= 4 is 5.76 Å². The summed E-state index contributed by atoms with van der Waals surface area (Å²) in [6, 6.07) is 9.74. The van der Waals surface area contributed by atoms with Crippen LogP contribution in [0.15, 0.2) is 36.5 Å². The van der Waals surface area contributed by atoms with Crippen LogP contribution in [0.1, 0.15) is 5.56 Å². The zero-order valence-electron chi connectivity index (χ0n) is 6.40. The third-order valence-corrected chi connectivity index (χ3v) is 1.58. The second-order valence-electron chi connectivity index (χ2n) is 2.46. The number of hydrogen-bond acceptors (Lipinski definition) is 4. The van der Waals surface area contributed by atoms with Gasteiger partial charge in [-0.25, -0.2) is 11.0 Å². The van der Waals surface area contributed by atoms with Crippen molar-refractivity contribution in [2.24, 2.45) is 5.84 Å². The van der Waals surface area contributed by atoms with E-state index in [4.69, 9.17) is 10.7 Å². The molecule has 1 aliphatic rings. The lowest BCUT2D eigenvalue weighted by molar-refractivity contribution is 0.0474. The summed E-state index contributed by atoms with van der Waals surface area (Å²) in [6.07, 6.45) is 1.68. The Bertz CT molecular complexity index is 296. The average Bonchev–Trinajstić information content (AvgIpc) is 2.54. The number of nitrogens with zero attached hydrogens (tertiary/aromatic N) is 1. The maximum Gasteiger partial charge on any atom is 0.175 e. The molecule has 0 aromatic heterocycles. The zero-order chi connectivity index (χ0) is 8.39. The fourth-order valence-electron chi connectivity index (χ4n) is 1.02. The first-order chi connectivity index (χ1) is 5.86. The van der Waals surface area contributed by atoms with Gasteiger partial charge in [-0.15, -0.1) is 0 Å². The molecular weight excluding hydrogens is 154 g/mol. The SMILES string of the molecule is NN1C=C(c2ccccc2)ON1. The Balaban J connectivity index is 2.27. The smallest absolute Gasteiger partial charge is 0.175 e. The molecule has 0 aliphatic carbocycles. The second-order valence-corrected chi connectivity index (χ2v) is 2.46. The first kappa shape index (κ1) is 7.15. The molecule has 0 fully saturated rings. The molecule has 3 N–H and O–H groups in total. The van der Waals surface area contributed by atoms with Gasteiger partial charge in [0.05, 0.1) is 6.20 Å². The Morgan fingerprint density at radius 1 is 1.25 bits per heavy atom. The van der Waals surface area contributed by atoms with E-state index in [1.54, 1.807) is 6.20 Å². The summed E-state index contributed by atoms with van der Waals surface area (Å²) >= 11 is 0. The van der Waals surface area contributed by atoms with Gasteiger partial charge in [-0.3, -0.25) is 0 Å². The van der Waals surface area contributed by atoms with Crippen molar-refractivity contribution in [2.45, 2.75) is 0 Å². The maximum absolute atomic E-state index is 5.38. The summed E-state index contributed by atoms with van der Waals surface area (Å²) in [5.41, 5.74) is 3.48. The molecule has 1 aromatic rings. The van der Waals surface area contributed by atoms with E-state index in [-0.39, 0.29) is 0 Å². The molecule has 2 rings (SSSR count).